The summed E-state index contributed by atoms with van der Waals surface area (Å²) in [6.45, 7) is 3.66. The molecular formula is C11H21NO3S. The Labute approximate surface area is 101 Å². The maximum atomic E-state index is 11.2. The summed E-state index contributed by atoms with van der Waals surface area (Å²) < 4.78 is 0. The minimum atomic E-state index is -0.751. The van der Waals surface area contributed by atoms with E-state index < -0.39 is 5.97 Å². The van der Waals surface area contributed by atoms with E-state index in [0.29, 0.717) is 12.2 Å². The van der Waals surface area contributed by atoms with Crippen LogP contribution in [0.25, 0.3) is 0 Å². The fourth-order valence-corrected chi connectivity index (χ4v) is 1.72. The Hall–Kier alpha value is -0.710. The number of hydrogen-bond donors (Lipinski definition) is 2. The van der Waals surface area contributed by atoms with Crippen molar-refractivity contribution >= 4 is 23.6 Å². The SMILES string of the molecule is CSCC(=O)NC(C)CCCC(C)C(=O)O. The van der Waals surface area contributed by atoms with Gasteiger partial charge in [-0.3, -0.25) is 9.59 Å². The average Bonchev–Trinajstić information content (AvgIpc) is 2.17. The second kappa shape index (κ2) is 8.44. The van der Waals surface area contributed by atoms with Gasteiger partial charge in [-0.05, 0) is 26.0 Å². The van der Waals surface area contributed by atoms with Crippen molar-refractivity contribution in [2.75, 3.05) is 12.0 Å². The molecule has 0 aromatic carbocycles. The van der Waals surface area contributed by atoms with E-state index in [2.05, 4.69) is 5.32 Å². The highest BCUT2D eigenvalue weighted by molar-refractivity contribution is 7.99. The second-order valence-corrected chi connectivity index (χ2v) is 4.94. The molecule has 2 atom stereocenters. The van der Waals surface area contributed by atoms with E-state index in [1.54, 1.807) is 6.92 Å². The van der Waals surface area contributed by atoms with Crippen LogP contribution in [0.4, 0.5) is 0 Å². The molecular weight excluding hydrogens is 226 g/mol. The zero-order chi connectivity index (χ0) is 12.6. The van der Waals surface area contributed by atoms with Crippen LogP contribution in [0.1, 0.15) is 33.1 Å². The van der Waals surface area contributed by atoms with Gasteiger partial charge in [-0.15, -0.1) is 0 Å². The predicted octanol–water partition coefficient (Wildman–Crippen LogP) is 1.75. The lowest BCUT2D eigenvalue weighted by Crippen LogP contribution is -2.33. The first kappa shape index (κ1) is 15.3. The molecule has 0 fully saturated rings. The average molecular weight is 247 g/mol. The fraction of sp³-hybridized carbons (Fsp3) is 0.818. The molecule has 0 bridgehead atoms. The normalized spacial score (nSPS) is 14.2. The van der Waals surface area contributed by atoms with Gasteiger partial charge in [0.05, 0.1) is 11.7 Å². The standard InChI is InChI=1S/C11H21NO3S/c1-8(11(14)15)5-4-6-9(2)12-10(13)7-16-3/h8-9H,4-7H2,1-3H3,(H,12,13)(H,14,15). The van der Waals surface area contributed by atoms with Gasteiger partial charge in [0.1, 0.15) is 0 Å². The molecule has 2 N–H and O–H groups in total. The molecule has 0 aromatic heterocycles. The van der Waals surface area contributed by atoms with Crippen molar-refractivity contribution in [2.45, 2.75) is 39.2 Å². The molecule has 0 radical (unpaired) electrons. The zero-order valence-electron chi connectivity index (χ0n) is 10.2. The molecule has 94 valence electrons. The van der Waals surface area contributed by atoms with Gasteiger partial charge >= 0.3 is 5.97 Å². The van der Waals surface area contributed by atoms with Crippen LogP contribution < -0.4 is 5.32 Å². The van der Waals surface area contributed by atoms with Crippen LogP contribution >= 0.6 is 11.8 Å². The Balaban J connectivity index is 3.61. The summed E-state index contributed by atoms with van der Waals surface area (Å²) in [5.41, 5.74) is 0. The summed E-state index contributed by atoms with van der Waals surface area (Å²) in [5.74, 6) is -0.518. The van der Waals surface area contributed by atoms with Crippen LogP contribution in [-0.2, 0) is 9.59 Å². The summed E-state index contributed by atoms with van der Waals surface area (Å²) in [6, 6.07) is 0.126. The summed E-state index contributed by atoms with van der Waals surface area (Å²) in [6.07, 6.45) is 4.21. The van der Waals surface area contributed by atoms with E-state index in [9.17, 15) is 9.59 Å². The molecule has 0 aliphatic rings. The Morgan fingerprint density at radius 2 is 1.94 bits per heavy atom. The van der Waals surface area contributed by atoms with Crippen LogP contribution in [-0.4, -0.2) is 35.0 Å². The maximum absolute atomic E-state index is 11.2. The molecule has 0 aromatic rings. The molecule has 0 heterocycles. The van der Waals surface area contributed by atoms with Crippen LogP contribution in [0.3, 0.4) is 0 Å². The third kappa shape index (κ3) is 7.56. The number of carbonyl (C=O) groups excluding carboxylic acids is 1. The van der Waals surface area contributed by atoms with Crippen LogP contribution in [0.15, 0.2) is 0 Å². The molecule has 0 saturated heterocycles. The first-order valence-electron chi connectivity index (χ1n) is 5.48. The molecule has 0 aliphatic carbocycles. The largest absolute Gasteiger partial charge is 0.481 e. The Bertz CT molecular complexity index is 233. The molecule has 1 amide bonds. The fourth-order valence-electron chi connectivity index (χ4n) is 1.37. The van der Waals surface area contributed by atoms with Gasteiger partial charge in [0, 0.05) is 6.04 Å². The summed E-state index contributed by atoms with van der Waals surface area (Å²) in [7, 11) is 0. The van der Waals surface area contributed by atoms with E-state index in [4.69, 9.17) is 5.11 Å². The molecule has 16 heavy (non-hydrogen) atoms. The number of hydrogen-bond acceptors (Lipinski definition) is 3. The van der Waals surface area contributed by atoms with Gasteiger partial charge in [0.25, 0.3) is 0 Å². The molecule has 0 saturated carbocycles. The van der Waals surface area contributed by atoms with E-state index in [1.165, 1.54) is 11.8 Å². The van der Waals surface area contributed by atoms with Gasteiger partial charge < -0.3 is 10.4 Å². The van der Waals surface area contributed by atoms with E-state index in [0.717, 1.165) is 12.8 Å². The second-order valence-electron chi connectivity index (χ2n) is 4.07. The predicted molar refractivity (Wildman–Crippen MR) is 66.6 cm³/mol. The quantitative estimate of drug-likeness (QED) is 0.685. The molecule has 0 rings (SSSR count). The Kier molecular flexibility index (Phi) is 8.07. The summed E-state index contributed by atoms with van der Waals surface area (Å²) >= 11 is 1.49. The highest BCUT2D eigenvalue weighted by Crippen LogP contribution is 2.09. The lowest BCUT2D eigenvalue weighted by atomic mass is 10.0. The molecule has 0 spiro atoms. The zero-order valence-corrected chi connectivity index (χ0v) is 11.0. The third-order valence-electron chi connectivity index (χ3n) is 2.38. The van der Waals surface area contributed by atoms with Gasteiger partial charge in [0.2, 0.25) is 5.91 Å². The highest BCUT2D eigenvalue weighted by Gasteiger charge is 2.12. The lowest BCUT2D eigenvalue weighted by Gasteiger charge is -2.14. The van der Waals surface area contributed by atoms with Crippen LogP contribution in [0.5, 0.6) is 0 Å². The summed E-state index contributed by atoms with van der Waals surface area (Å²) in [5, 5.41) is 11.6. The van der Waals surface area contributed by atoms with Gasteiger partial charge in [-0.25, -0.2) is 0 Å². The Morgan fingerprint density at radius 1 is 1.31 bits per heavy atom. The van der Waals surface area contributed by atoms with Crippen molar-refractivity contribution in [3.8, 4) is 0 Å². The topological polar surface area (TPSA) is 66.4 Å². The monoisotopic (exact) mass is 247 g/mol. The number of thioether (sulfide) groups is 1. The lowest BCUT2D eigenvalue weighted by molar-refractivity contribution is -0.141. The minimum absolute atomic E-state index is 0.0475. The highest BCUT2D eigenvalue weighted by atomic mass is 32.2. The number of carboxylic acid groups (broad SMARTS) is 1. The number of rotatable bonds is 8. The number of amides is 1. The van der Waals surface area contributed by atoms with Gasteiger partial charge in [0.15, 0.2) is 0 Å². The molecule has 2 unspecified atom stereocenters. The number of nitrogens with one attached hydrogen (secondary N) is 1. The smallest absolute Gasteiger partial charge is 0.306 e. The van der Waals surface area contributed by atoms with E-state index >= 15 is 0 Å². The van der Waals surface area contributed by atoms with Crippen molar-refractivity contribution in [3.05, 3.63) is 0 Å². The van der Waals surface area contributed by atoms with Crippen LogP contribution in [0.2, 0.25) is 0 Å². The number of carboxylic acids is 1. The molecule has 5 heteroatoms. The maximum Gasteiger partial charge on any atom is 0.306 e. The van der Waals surface area contributed by atoms with Crippen LogP contribution in [0, 0.1) is 5.92 Å². The summed E-state index contributed by atoms with van der Waals surface area (Å²) in [4.78, 5) is 21.8. The molecule has 4 nitrogen and oxygen atoms in total. The van der Waals surface area contributed by atoms with Crippen molar-refractivity contribution in [1.29, 1.82) is 0 Å². The minimum Gasteiger partial charge on any atom is -0.481 e. The van der Waals surface area contributed by atoms with E-state index in [-0.39, 0.29) is 17.9 Å². The van der Waals surface area contributed by atoms with Crippen molar-refractivity contribution in [3.63, 3.8) is 0 Å². The Morgan fingerprint density at radius 3 is 2.44 bits per heavy atom. The molecule has 0 aliphatic heterocycles. The van der Waals surface area contributed by atoms with E-state index in [1.807, 2.05) is 13.2 Å². The van der Waals surface area contributed by atoms with Gasteiger partial charge in [-0.2, -0.15) is 11.8 Å². The van der Waals surface area contributed by atoms with Crippen molar-refractivity contribution in [1.82, 2.24) is 5.32 Å². The number of aliphatic carboxylic acids is 1. The number of carbonyl (C=O) groups is 2. The van der Waals surface area contributed by atoms with Crippen molar-refractivity contribution < 1.29 is 14.7 Å². The third-order valence-corrected chi connectivity index (χ3v) is 2.93. The first-order valence-corrected chi connectivity index (χ1v) is 6.87. The first-order chi connectivity index (χ1) is 7.47. The van der Waals surface area contributed by atoms with Gasteiger partial charge in [-0.1, -0.05) is 13.3 Å². The van der Waals surface area contributed by atoms with Crippen molar-refractivity contribution in [2.24, 2.45) is 5.92 Å².